The molecule has 1 aliphatic rings. The lowest BCUT2D eigenvalue weighted by molar-refractivity contribution is 0.250. The number of hydrogen-bond donors (Lipinski definition) is 1. The first-order valence-corrected chi connectivity index (χ1v) is 8.77. The lowest BCUT2D eigenvalue weighted by Gasteiger charge is -2.34. The highest BCUT2D eigenvalue weighted by molar-refractivity contribution is 7.22. The summed E-state index contributed by atoms with van der Waals surface area (Å²) in [4.78, 5) is 9.65. The molecule has 0 unspecified atom stereocenters. The van der Waals surface area contributed by atoms with Gasteiger partial charge in [0.25, 0.3) is 0 Å². The minimum Gasteiger partial charge on any atom is -0.399 e. The molecule has 0 saturated carbocycles. The van der Waals surface area contributed by atoms with Crippen molar-refractivity contribution in [2.75, 3.05) is 36.8 Å². The Kier molecular flexibility index (Phi) is 3.89. The Balaban J connectivity index is 1.40. The molecular formula is C18H20N4S. The fourth-order valence-corrected chi connectivity index (χ4v) is 4.06. The third-order valence-electron chi connectivity index (χ3n) is 4.28. The van der Waals surface area contributed by atoms with Gasteiger partial charge in [-0.15, -0.1) is 0 Å². The highest BCUT2D eigenvalue weighted by Gasteiger charge is 2.19. The molecule has 0 bridgehead atoms. The van der Waals surface area contributed by atoms with Gasteiger partial charge in [-0.05, 0) is 29.8 Å². The van der Waals surface area contributed by atoms with E-state index in [1.165, 1.54) is 10.3 Å². The highest BCUT2D eigenvalue weighted by Crippen LogP contribution is 2.29. The van der Waals surface area contributed by atoms with E-state index in [1.807, 2.05) is 12.1 Å². The Morgan fingerprint density at radius 2 is 1.83 bits per heavy atom. The number of rotatable bonds is 3. The Morgan fingerprint density at radius 1 is 1.00 bits per heavy atom. The Bertz CT molecular complexity index is 772. The molecule has 2 N–H and O–H groups in total. The summed E-state index contributed by atoms with van der Waals surface area (Å²) in [6.07, 6.45) is 0. The summed E-state index contributed by atoms with van der Waals surface area (Å²) in [5, 5.41) is 1.15. The molecule has 5 heteroatoms. The summed E-state index contributed by atoms with van der Waals surface area (Å²) in [5.74, 6) is 0. The molecule has 3 aromatic rings. The Hall–Kier alpha value is -2.11. The minimum absolute atomic E-state index is 0.843. The number of aromatic nitrogens is 1. The van der Waals surface area contributed by atoms with E-state index in [1.54, 1.807) is 11.3 Å². The number of fused-ring (bicyclic) bond motifs is 1. The van der Waals surface area contributed by atoms with Crippen molar-refractivity contribution < 1.29 is 0 Å². The molecule has 1 aromatic heterocycles. The van der Waals surface area contributed by atoms with Crippen LogP contribution in [0.4, 0.5) is 10.8 Å². The molecule has 4 nitrogen and oxygen atoms in total. The summed E-state index contributed by atoms with van der Waals surface area (Å²) in [7, 11) is 0. The van der Waals surface area contributed by atoms with Gasteiger partial charge >= 0.3 is 0 Å². The monoisotopic (exact) mass is 324 g/mol. The zero-order chi connectivity index (χ0) is 15.6. The van der Waals surface area contributed by atoms with Gasteiger partial charge in [-0.25, -0.2) is 4.98 Å². The molecule has 0 amide bonds. The first-order chi connectivity index (χ1) is 11.3. The van der Waals surface area contributed by atoms with E-state index in [2.05, 4.69) is 46.2 Å². The number of nitrogens with two attached hydrogens (primary N) is 1. The maximum atomic E-state index is 5.87. The van der Waals surface area contributed by atoms with E-state index in [9.17, 15) is 0 Å². The SMILES string of the molecule is Nc1cccc(CN2CCN(c3nc4ccccc4s3)CC2)c1. The van der Waals surface area contributed by atoms with Crippen molar-refractivity contribution in [3.63, 3.8) is 0 Å². The molecule has 0 spiro atoms. The van der Waals surface area contributed by atoms with E-state index in [0.29, 0.717) is 0 Å². The van der Waals surface area contributed by atoms with E-state index >= 15 is 0 Å². The predicted octanol–water partition coefficient (Wildman–Crippen LogP) is 3.20. The fourth-order valence-electron chi connectivity index (χ4n) is 3.04. The van der Waals surface area contributed by atoms with Crippen LogP contribution in [0.25, 0.3) is 10.2 Å². The molecule has 1 aliphatic heterocycles. The van der Waals surface area contributed by atoms with Crippen LogP contribution in [0.15, 0.2) is 48.5 Å². The number of nitrogens with zero attached hydrogens (tertiary/aromatic N) is 3. The standard InChI is InChI=1S/C18H20N4S/c19-15-5-3-4-14(12-15)13-21-8-10-22(11-9-21)18-20-16-6-1-2-7-17(16)23-18/h1-7,12H,8-11,13,19H2. The quantitative estimate of drug-likeness (QED) is 0.752. The average molecular weight is 324 g/mol. The highest BCUT2D eigenvalue weighted by atomic mass is 32.1. The van der Waals surface area contributed by atoms with E-state index in [0.717, 1.165) is 49.1 Å². The van der Waals surface area contributed by atoms with Crippen LogP contribution in [0.3, 0.4) is 0 Å². The van der Waals surface area contributed by atoms with Gasteiger partial charge in [-0.1, -0.05) is 35.6 Å². The van der Waals surface area contributed by atoms with Crippen molar-refractivity contribution in [3.8, 4) is 0 Å². The molecule has 118 valence electrons. The van der Waals surface area contributed by atoms with E-state index < -0.39 is 0 Å². The second-order valence-electron chi connectivity index (χ2n) is 5.97. The number of anilines is 2. The lowest BCUT2D eigenvalue weighted by Crippen LogP contribution is -2.45. The number of para-hydroxylation sites is 1. The van der Waals surface area contributed by atoms with Crippen molar-refractivity contribution in [1.82, 2.24) is 9.88 Å². The predicted molar refractivity (Wildman–Crippen MR) is 98.0 cm³/mol. The molecule has 2 heterocycles. The number of benzene rings is 2. The molecule has 1 saturated heterocycles. The Labute approximate surface area is 140 Å². The fraction of sp³-hybridized carbons (Fsp3) is 0.278. The molecule has 2 aromatic carbocycles. The van der Waals surface area contributed by atoms with Crippen molar-refractivity contribution in [2.45, 2.75) is 6.54 Å². The van der Waals surface area contributed by atoms with Crippen LogP contribution >= 0.6 is 11.3 Å². The van der Waals surface area contributed by atoms with E-state index in [4.69, 9.17) is 10.7 Å². The van der Waals surface area contributed by atoms with Gasteiger partial charge in [0.1, 0.15) is 0 Å². The normalized spacial score (nSPS) is 16.1. The van der Waals surface area contributed by atoms with Crippen LogP contribution in [0.5, 0.6) is 0 Å². The molecule has 1 fully saturated rings. The second kappa shape index (κ2) is 6.18. The smallest absolute Gasteiger partial charge is 0.186 e. The molecular weight excluding hydrogens is 304 g/mol. The lowest BCUT2D eigenvalue weighted by atomic mass is 10.2. The average Bonchev–Trinajstić information content (AvgIpc) is 2.99. The second-order valence-corrected chi connectivity index (χ2v) is 6.98. The van der Waals surface area contributed by atoms with Crippen LogP contribution < -0.4 is 10.6 Å². The van der Waals surface area contributed by atoms with Gasteiger partial charge in [-0.2, -0.15) is 0 Å². The Morgan fingerprint density at radius 3 is 2.61 bits per heavy atom. The van der Waals surface area contributed by atoms with Crippen molar-refractivity contribution in [3.05, 3.63) is 54.1 Å². The molecule has 0 atom stereocenters. The first-order valence-electron chi connectivity index (χ1n) is 7.95. The van der Waals surface area contributed by atoms with Crippen LogP contribution in [0.2, 0.25) is 0 Å². The van der Waals surface area contributed by atoms with Gasteiger partial charge in [-0.3, -0.25) is 4.90 Å². The zero-order valence-corrected chi connectivity index (χ0v) is 13.8. The topological polar surface area (TPSA) is 45.4 Å². The summed E-state index contributed by atoms with van der Waals surface area (Å²) < 4.78 is 1.27. The van der Waals surface area contributed by atoms with Crippen molar-refractivity contribution in [1.29, 1.82) is 0 Å². The number of hydrogen-bond acceptors (Lipinski definition) is 5. The van der Waals surface area contributed by atoms with Gasteiger partial charge in [0.2, 0.25) is 0 Å². The number of piperazine rings is 1. The number of thiazole rings is 1. The van der Waals surface area contributed by atoms with Crippen molar-refractivity contribution in [2.24, 2.45) is 0 Å². The molecule has 0 aliphatic carbocycles. The largest absolute Gasteiger partial charge is 0.399 e. The zero-order valence-electron chi connectivity index (χ0n) is 13.0. The summed E-state index contributed by atoms with van der Waals surface area (Å²) in [5.41, 5.74) is 9.10. The van der Waals surface area contributed by atoms with Crippen LogP contribution in [0, 0.1) is 0 Å². The van der Waals surface area contributed by atoms with Gasteiger partial charge in [0.05, 0.1) is 10.2 Å². The summed E-state index contributed by atoms with van der Waals surface area (Å²) in [6.45, 7) is 5.15. The third kappa shape index (κ3) is 3.16. The molecule has 23 heavy (non-hydrogen) atoms. The maximum Gasteiger partial charge on any atom is 0.186 e. The summed E-state index contributed by atoms with van der Waals surface area (Å²) in [6, 6.07) is 16.5. The van der Waals surface area contributed by atoms with E-state index in [-0.39, 0.29) is 0 Å². The van der Waals surface area contributed by atoms with Gasteiger partial charge in [0, 0.05) is 38.4 Å². The summed E-state index contributed by atoms with van der Waals surface area (Å²) >= 11 is 1.79. The number of nitrogen functional groups attached to an aromatic ring is 1. The van der Waals surface area contributed by atoms with Crippen molar-refractivity contribution >= 4 is 32.4 Å². The maximum absolute atomic E-state index is 5.87. The van der Waals surface area contributed by atoms with Crippen LogP contribution in [-0.2, 0) is 6.54 Å². The third-order valence-corrected chi connectivity index (χ3v) is 5.38. The van der Waals surface area contributed by atoms with Gasteiger partial charge < -0.3 is 10.6 Å². The van der Waals surface area contributed by atoms with Crippen LogP contribution in [0.1, 0.15) is 5.56 Å². The minimum atomic E-state index is 0.843. The first kappa shape index (κ1) is 14.5. The van der Waals surface area contributed by atoms with Crippen LogP contribution in [-0.4, -0.2) is 36.1 Å². The van der Waals surface area contributed by atoms with Gasteiger partial charge in [0.15, 0.2) is 5.13 Å². The molecule has 4 rings (SSSR count). The molecule has 0 radical (unpaired) electrons.